The molecule has 0 heterocycles. The summed E-state index contributed by atoms with van der Waals surface area (Å²) in [6.45, 7) is 2.63. The van der Waals surface area contributed by atoms with Gasteiger partial charge in [0.25, 0.3) is 0 Å². The molecule has 0 bridgehead atoms. The first-order valence-electron chi connectivity index (χ1n) is 2.83. The second-order valence-corrected chi connectivity index (χ2v) is 1.74. The van der Waals surface area contributed by atoms with E-state index >= 15 is 0 Å². The average molecular weight is 147 g/mol. The number of amides is 1. The van der Waals surface area contributed by atoms with Crippen molar-refractivity contribution in [3.05, 3.63) is 12.7 Å². The van der Waals surface area contributed by atoms with Crippen LogP contribution >= 0.6 is 0 Å². The monoisotopic (exact) mass is 147 g/mol. The number of alkyl halides is 1. The lowest BCUT2D eigenvalue weighted by Gasteiger charge is -2.09. The van der Waals surface area contributed by atoms with Gasteiger partial charge in [-0.1, -0.05) is 6.08 Å². The summed E-state index contributed by atoms with van der Waals surface area (Å²) in [6.07, 6.45) is 0.0339. The van der Waals surface area contributed by atoms with Crippen molar-refractivity contribution in [2.24, 2.45) is 5.73 Å². The second kappa shape index (κ2) is 4.78. The molecule has 0 aromatic carbocycles. The van der Waals surface area contributed by atoms with E-state index in [-0.39, 0.29) is 0 Å². The fraction of sp³-hybridized carbons (Fsp3) is 0.500. The summed E-state index contributed by atoms with van der Waals surface area (Å²) < 4.78 is 16.2. The number of hydrogen-bond acceptors (Lipinski definition) is 2. The van der Waals surface area contributed by atoms with E-state index in [1.54, 1.807) is 0 Å². The summed E-state index contributed by atoms with van der Waals surface area (Å²) in [6, 6.07) is 0. The Bertz CT molecular complexity index is 127. The van der Waals surface area contributed by atoms with E-state index in [0.717, 1.165) is 0 Å². The number of nitrogens with two attached hydrogens (primary N) is 1. The maximum atomic E-state index is 11.8. The summed E-state index contributed by atoms with van der Waals surface area (Å²) in [5.74, 6) is 0. The molecular weight excluding hydrogens is 137 g/mol. The van der Waals surface area contributed by atoms with Crippen LogP contribution in [0.5, 0.6) is 0 Å². The molecule has 1 unspecified atom stereocenters. The van der Waals surface area contributed by atoms with Gasteiger partial charge in [0.2, 0.25) is 0 Å². The first-order valence-corrected chi connectivity index (χ1v) is 2.83. The molecule has 3 nitrogen and oxygen atoms in total. The van der Waals surface area contributed by atoms with Crippen LogP contribution in [0.2, 0.25) is 0 Å². The predicted molar refractivity (Wildman–Crippen MR) is 35.2 cm³/mol. The predicted octanol–water partition coefficient (Wildman–Crippen LogP) is 0.996. The molecule has 0 saturated carbocycles. The lowest BCUT2D eigenvalue weighted by molar-refractivity contribution is 0.0909. The van der Waals surface area contributed by atoms with E-state index in [9.17, 15) is 9.18 Å². The third-order valence-corrected chi connectivity index (χ3v) is 0.884. The van der Waals surface area contributed by atoms with Gasteiger partial charge in [-0.05, 0) is 0 Å². The molecule has 0 spiro atoms. The van der Waals surface area contributed by atoms with Gasteiger partial charge >= 0.3 is 6.09 Å². The maximum absolute atomic E-state index is 11.8. The highest BCUT2D eigenvalue weighted by Gasteiger charge is 2.08. The molecule has 0 aliphatic carbocycles. The zero-order chi connectivity index (χ0) is 7.98. The lowest BCUT2D eigenvalue weighted by atomic mass is 10.3. The first-order chi connectivity index (χ1) is 4.70. The molecule has 0 radical (unpaired) electrons. The molecular formula is C6H10FNO2. The number of rotatable bonds is 4. The number of primary amides is 1. The van der Waals surface area contributed by atoms with Crippen LogP contribution in [-0.2, 0) is 4.74 Å². The van der Waals surface area contributed by atoms with Crippen molar-refractivity contribution in [3.63, 3.8) is 0 Å². The number of carbonyl (C=O) groups is 1. The molecule has 10 heavy (non-hydrogen) atoms. The highest BCUT2D eigenvalue weighted by molar-refractivity contribution is 5.64. The van der Waals surface area contributed by atoms with Crippen molar-refractivity contribution >= 4 is 6.09 Å². The average Bonchev–Trinajstić information content (AvgIpc) is 1.86. The van der Waals surface area contributed by atoms with Crippen LogP contribution in [0.3, 0.4) is 0 Å². The molecule has 2 N–H and O–H groups in total. The zero-order valence-corrected chi connectivity index (χ0v) is 5.55. The number of ether oxygens (including phenoxy) is 1. The molecule has 0 fully saturated rings. The van der Waals surface area contributed by atoms with Crippen molar-refractivity contribution in [1.29, 1.82) is 0 Å². The quantitative estimate of drug-likeness (QED) is 0.603. The van der Waals surface area contributed by atoms with Crippen molar-refractivity contribution in [1.82, 2.24) is 0 Å². The third kappa shape index (κ3) is 3.88. The summed E-state index contributed by atoms with van der Waals surface area (Å²) >= 11 is 0. The Labute approximate surface area is 58.7 Å². The first kappa shape index (κ1) is 8.94. The highest BCUT2D eigenvalue weighted by atomic mass is 19.1. The summed E-state index contributed by atoms with van der Waals surface area (Å²) in [5.41, 5.74) is 4.64. The number of halogens is 1. The minimum absolute atomic E-state index is 0.291. The molecule has 0 rings (SSSR count). The Balaban J connectivity index is 3.59. The minimum Gasteiger partial charge on any atom is -0.443 e. The van der Waals surface area contributed by atoms with E-state index in [2.05, 4.69) is 17.0 Å². The van der Waals surface area contributed by atoms with Crippen LogP contribution in [-0.4, -0.2) is 18.9 Å². The topological polar surface area (TPSA) is 52.3 Å². The molecule has 0 aliphatic heterocycles. The summed E-state index contributed by atoms with van der Waals surface area (Å²) in [5, 5.41) is 0. The smallest absolute Gasteiger partial charge is 0.404 e. The normalized spacial score (nSPS) is 12.1. The van der Waals surface area contributed by atoms with E-state index in [4.69, 9.17) is 0 Å². The Morgan fingerprint density at radius 1 is 1.90 bits per heavy atom. The van der Waals surface area contributed by atoms with Gasteiger partial charge in [-0.25, -0.2) is 9.18 Å². The van der Waals surface area contributed by atoms with Gasteiger partial charge in [-0.2, -0.15) is 0 Å². The summed E-state index contributed by atoms with van der Waals surface area (Å²) in [4.78, 5) is 10.0. The van der Waals surface area contributed by atoms with Crippen molar-refractivity contribution in [2.45, 2.75) is 12.5 Å². The maximum Gasteiger partial charge on any atom is 0.404 e. The fourth-order valence-electron chi connectivity index (χ4n) is 0.493. The Morgan fingerprint density at radius 3 is 2.80 bits per heavy atom. The van der Waals surface area contributed by atoms with Crippen LogP contribution in [0.25, 0.3) is 0 Å². The van der Waals surface area contributed by atoms with E-state index in [1.165, 1.54) is 6.08 Å². The molecule has 58 valence electrons. The molecule has 0 saturated heterocycles. The van der Waals surface area contributed by atoms with E-state index in [1.807, 2.05) is 0 Å². The Morgan fingerprint density at radius 2 is 2.50 bits per heavy atom. The molecule has 1 amide bonds. The van der Waals surface area contributed by atoms with Crippen molar-refractivity contribution in [3.8, 4) is 0 Å². The Hall–Kier alpha value is -1.06. The van der Waals surface area contributed by atoms with Gasteiger partial charge in [0.05, 0.1) is 0 Å². The third-order valence-electron chi connectivity index (χ3n) is 0.884. The number of hydrogen-bond donors (Lipinski definition) is 1. The van der Waals surface area contributed by atoms with Gasteiger partial charge in [0, 0.05) is 6.42 Å². The van der Waals surface area contributed by atoms with Crippen LogP contribution in [0.4, 0.5) is 9.18 Å². The minimum atomic E-state index is -0.954. The lowest BCUT2D eigenvalue weighted by Crippen LogP contribution is -2.23. The van der Waals surface area contributed by atoms with Gasteiger partial charge in [0.1, 0.15) is 12.8 Å². The Kier molecular flexibility index (Phi) is 4.28. The van der Waals surface area contributed by atoms with E-state index < -0.39 is 18.9 Å². The summed E-state index contributed by atoms with van der Waals surface area (Å²) in [7, 11) is 0. The van der Waals surface area contributed by atoms with Crippen LogP contribution in [0.15, 0.2) is 12.7 Å². The highest BCUT2D eigenvalue weighted by Crippen LogP contribution is 1.99. The van der Waals surface area contributed by atoms with Gasteiger partial charge in [-0.15, -0.1) is 6.58 Å². The molecule has 0 aromatic heterocycles. The van der Waals surface area contributed by atoms with Gasteiger partial charge in [0.15, 0.2) is 0 Å². The fourth-order valence-corrected chi connectivity index (χ4v) is 0.493. The van der Waals surface area contributed by atoms with E-state index in [0.29, 0.717) is 6.42 Å². The van der Waals surface area contributed by atoms with Gasteiger partial charge in [-0.3, -0.25) is 0 Å². The molecule has 4 heteroatoms. The SMILES string of the molecule is C=CCC(CF)OC(N)=O. The van der Waals surface area contributed by atoms with Crippen molar-refractivity contribution < 1.29 is 13.9 Å². The standard InChI is InChI=1S/C6H10FNO2/c1-2-3-5(4-7)10-6(8)9/h2,5H,1,3-4H2,(H2,8,9). The van der Waals surface area contributed by atoms with Crippen molar-refractivity contribution in [2.75, 3.05) is 6.67 Å². The molecule has 1 atom stereocenters. The zero-order valence-electron chi connectivity index (χ0n) is 5.55. The molecule has 0 aliphatic rings. The van der Waals surface area contributed by atoms with Crippen LogP contribution in [0, 0.1) is 0 Å². The van der Waals surface area contributed by atoms with Gasteiger partial charge < -0.3 is 10.5 Å². The second-order valence-electron chi connectivity index (χ2n) is 1.74. The number of carbonyl (C=O) groups excluding carboxylic acids is 1. The van der Waals surface area contributed by atoms with Crippen LogP contribution < -0.4 is 5.73 Å². The molecule has 0 aromatic rings. The largest absolute Gasteiger partial charge is 0.443 e. The van der Waals surface area contributed by atoms with Crippen LogP contribution in [0.1, 0.15) is 6.42 Å².